The number of fused-ring (bicyclic) bond motifs is 1. The number of benzene rings is 2. The van der Waals surface area contributed by atoms with Gasteiger partial charge in [-0.15, -0.1) is 0 Å². The minimum absolute atomic E-state index is 0.0293. The summed E-state index contributed by atoms with van der Waals surface area (Å²) in [5.41, 5.74) is 3.16. The second kappa shape index (κ2) is 6.61. The Kier molecular flexibility index (Phi) is 4.73. The quantitative estimate of drug-likeness (QED) is 0.891. The van der Waals surface area contributed by atoms with Gasteiger partial charge in [0.1, 0.15) is 4.90 Å². The van der Waals surface area contributed by atoms with Crippen LogP contribution in [-0.4, -0.2) is 21.5 Å². The summed E-state index contributed by atoms with van der Waals surface area (Å²) in [5, 5.41) is 3.64. The normalized spacial score (nSPS) is 17.7. The van der Waals surface area contributed by atoms with E-state index in [2.05, 4.69) is 16.1 Å². The fourth-order valence-electron chi connectivity index (χ4n) is 2.87. The molecule has 0 fully saturated rings. The molecule has 0 saturated carbocycles. The Bertz CT molecular complexity index is 821. The summed E-state index contributed by atoms with van der Waals surface area (Å²) in [6, 6.07) is 13.1. The maximum absolute atomic E-state index is 12.5. The minimum Gasteiger partial charge on any atom is -0.308 e. The van der Waals surface area contributed by atoms with Crippen LogP contribution in [0.2, 0.25) is 5.02 Å². The Morgan fingerprint density at radius 3 is 2.83 bits per heavy atom. The van der Waals surface area contributed by atoms with Crippen LogP contribution in [0.3, 0.4) is 0 Å². The molecule has 1 unspecified atom stereocenters. The first-order chi connectivity index (χ1) is 11.0. The first-order valence-electron chi connectivity index (χ1n) is 7.55. The second-order valence-electron chi connectivity index (χ2n) is 5.69. The Morgan fingerprint density at radius 1 is 1.22 bits per heavy atom. The van der Waals surface area contributed by atoms with Crippen molar-refractivity contribution in [3.05, 3.63) is 64.2 Å². The highest BCUT2D eigenvalue weighted by atomic mass is 35.5. The zero-order valence-corrected chi connectivity index (χ0v) is 14.4. The van der Waals surface area contributed by atoms with Crippen molar-refractivity contribution in [3.8, 4) is 0 Å². The molecule has 1 aliphatic heterocycles. The molecule has 0 spiro atoms. The molecule has 2 N–H and O–H groups in total. The molecular formula is C17H19ClN2O2S. The van der Waals surface area contributed by atoms with E-state index in [-0.39, 0.29) is 16.0 Å². The van der Waals surface area contributed by atoms with Crippen molar-refractivity contribution in [2.45, 2.75) is 24.3 Å². The lowest BCUT2D eigenvalue weighted by molar-refractivity contribution is 0.491. The molecule has 0 bridgehead atoms. The average molecular weight is 351 g/mol. The zero-order chi connectivity index (χ0) is 16.4. The molecule has 0 saturated heterocycles. The van der Waals surface area contributed by atoms with Gasteiger partial charge in [0.05, 0.1) is 5.02 Å². The third-order valence-electron chi connectivity index (χ3n) is 4.14. The Labute approximate surface area is 141 Å². The topological polar surface area (TPSA) is 58.2 Å². The third-order valence-corrected chi connectivity index (χ3v) is 6.22. The maximum Gasteiger partial charge on any atom is 0.242 e. The molecule has 2 aromatic carbocycles. The van der Waals surface area contributed by atoms with Crippen LogP contribution in [0, 0.1) is 6.92 Å². The number of rotatable bonds is 4. The lowest BCUT2D eigenvalue weighted by Gasteiger charge is -2.27. The average Bonchev–Trinajstić information content (AvgIpc) is 2.55. The van der Waals surface area contributed by atoms with E-state index in [1.807, 2.05) is 18.2 Å². The SMILES string of the molecule is Cc1cccc(S(=O)(=O)NCC2NCCc3ccccc32)c1Cl. The molecule has 0 amide bonds. The van der Waals surface area contributed by atoms with Gasteiger partial charge in [-0.1, -0.05) is 48.0 Å². The van der Waals surface area contributed by atoms with Crippen LogP contribution in [0.1, 0.15) is 22.7 Å². The lowest BCUT2D eigenvalue weighted by Crippen LogP contribution is -2.38. The predicted octanol–water partition coefficient (Wildman–Crippen LogP) is 2.81. The van der Waals surface area contributed by atoms with Crippen LogP contribution in [0.4, 0.5) is 0 Å². The summed E-state index contributed by atoms with van der Waals surface area (Å²) < 4.78 is 27.8. The monoisotopic (exact) mass is 350 g/mol. The van der Waals surface area contributed by atoms with Gasteiger partial charge in [0.15, 0.2) is 0 Å². The summed E-state index contributed by atoms with van der Waals surface area (Å²) in [4.78, 5) is 0.128. The van der Waals surface area contributed by atoms with Gasteiger partial charge in [0, 0.05) is 12.6 Å². The minimum atomic E-state index is -3.64. The van der Waals surface area contributed by atoms with Crippen LogP contribution in [0.5, 0.6) is 0 Å². The molecule has 1 atom stereocenters. The number of halogens is 1. The Morgan fingerprint density at radius 2 is 2.00 bits per heavy atom. The van der Waals surface area contributed by atoms with Crippen molar-refractivity contribution in [2.75, 3.05) is 13.1 Å². The fourth-order valence-corrected chi connectivity index (χ4v) is 4.50. The molecule has 2 aromatic rings. The van der Waals surface area contributed by atoms with Crippen LogP contribution in [-0.2, 0) is 16.4 Å². The first kappa shape index (κ1) is 16.5. The van der Waals surface area contributed by atoms with Crippen LogP contribution < -0.4 is 10.0 Å². The highest BCUT2D eigenvalue weighted by molar-refractivity contribution is 7.89. The highest BCUT2D eigenvalue weighted by Gasteiger charge is 2.23. The molecule has 0 radical (unpaired) electrons. The molecule has 6 heteroatoms. The largest absolute Gasteiger partial charge is 0.308 e. The van der Waals surface area contributed by atoms with Crippen molar-refractivity contribution in [3.63, 3.8) is 0 Å². The van der Waals surface area contributed by atoms with E-state index in [1.165, 1.54) is 11.6 Å². The van der Waals surface area contributed by atoms with Gasteiger partial charge < -0.3 is 5.32 Å². The summed E-state index contributed by atoms with van der Waals surface area (Å²) in [5.74, 6) is 0. The molecule has 1 heterocycles. The lowest BCUT2D eigenvalue weighted by atomic mass is 9.95. The molecule has 1 aliphatic rings. The number of sulfonamides is 1. The molecule has 4 nitrogen and oxygen atoms in total. The van der Waals surface area contributed by atoms with E-state index < -0.39 is 10.0 Å². The third kappa shape index (κ3) is 3.43. The van der Waals surface area contributed by atoms with Gasteiger partial charge in [0.25, 0.3) is 0 Å². The van der Waals surface area contributed by atoms with E-state index in [4.69, 9.17) is 11.6 Å². The number of hydrogen-bond donors (Lipinski definition) is 2. The molecule has 0 aliphatic carbocycles. The van der Waals surface area contributed by atoms with Gasteiger partial charge in [-0.05, 0) is 42.6 Å². The summed E-state index contributed by atoms with van der Waals surface area (Å²) >= 11 is 6.15. The van der Waals surface area contributed by atoms with Gasteiger partial charge in [-0.2, -0.15) is 0 Å². The summed E-state index contributed by atoms with van der Waals surface area (Å²) in [6.07, 6.45) is 0.961. The molecule has 23 heavy (non-hydrogen) atoms. The Balaban J connectivity index is 1.80. The van der Waals surface area contributed by atoms with Crippen molar-refractivity contribution in [2.24, 2.45) is 0 Å². The zero-order valence-electron chi connectivity index (χ0n) is 12.8. The molecule has 122 valence electrons. The van der Waals surface area contributed by atoms with Gasteiger partial charge in [-0.3, -0.25) is 0 Å². The Hall–Kier alpha value is -1.40. The number of aryl methyl sites for hydroxylation is 1. The van der Waals surface area contributed by atoms with E-state index in [0.717, 1.165) is 24.1 Å². The van der Waals surface area contributed by atoms with Crippen LogP contribution in [0.15, 0.2) is 47.4 Å². The van der Waals surface area contributed by atoms with Crippen molar-refractivity contribution in [1.29, 1.82) is 0 Å². The van der Waals surface area contributed by atoms with Crippen LogP contribution in [0.25, 0.3) is 0 Å². The van der Waals surface area contributed by atoms with E-state index in [0.29, 0.717) is 6.54 Å². The molecule has 0 aromatic heterocycles. The number of nitrogens with one attached hydrogen (secondary N) is 2. The summed E-state index contributed by atoms with van der Waals surface area (Å²) in [6.45, 7) is 2.93. The second-order valence-corrected chi connectivity index (χ2v) is 7.81. The van der Waals surface area contributed by atoms with Crippen LogP contribution >= 0.6 is 11.6 Å². The van der Waals surface area contributed by atoms with Gasteiger partial charge >= 0.3 is 0 Å². The predicted molar refractivity (Wildman–Crippen MR) is 92.3 cm³/mol. The standard InChI is InChI=1S/C17H19ClN2O2S/c1-12-5-4-8-16(17(12)18)23(21,22)20-11-15-14-7-3-2-6-13(14)9-10-19-15/h2-8,15,19-20H,9-11H2,1H3. The highest BCUT2D eigenvalue weighted by Crippen LogP contribution is 2.26. The van der Waals surface area contributed by atoms with E-state index >= 15 is 0 Å². The smallest absolute Gasteiger partial charge is 0.242 e. The van der Waals surface area contributed by atoms with E-state index in [9.17, 15) is 8.42 Å². The summed E-state index contributed by atoms with van der Waals surface area (Å²) in [7, 11) is -3.64. The fraction of sp³-hybridized carbons (Fsp3) is 0.294. The number of hydrogen-bond acceptors (Lipinski definition) is 3. The van der Waals surface area contributed by atoms with E-state index in [1.54, 1.807) is 19.1 Å². The van der Waals surface area contributed by atoms with Crippen molar-refractivity contribution in [1.82, 2.24) is 10.0 Å². The maximum atomic E-state index is 12.5. The van der Waals surface area contributed by atoms with Gasteiger partial charge in [0.2, 0.25) is 10.0 Å². The van der Waals surface area contributed by atoms with Crippen molar-refractivity contribution < 1.29 is 8.42 Å². The van der Waals surface area contributed by atoms with Gasteiger partial charge in [-0.25, -0.2) is 13.1 Å². The van der Waals surface area contributed by atoms with Crippen molar-refractivity contribution >= 4 is 21.6 Å². The molecule has 3 rings (SSSR count). The first-order valence-corrected chi connectivity index (χ1v) is 9.41. The molecular weight excluding hydrogens is 332 g/mol.